The van der Waals surface area contributed by atoms with E-state index < -0.39 is 63.7 Å². The summed E-state index contributed by atoms with van der Waals surface area (Å²) in [6.07, 6.45) is 18.1. The molecular formula is C46H64Ag4N8O14S4. The number of benzene rings is 4. The number of fused-ring (bicyclic) bond motifs is 4. The summed E-state index contributed by atoms with van der Waals surface area (Å²) in [6.45, 7) is 3.40. The van der Waals surface area contributed by atoms with E-state index in [1.807, 2.05) is 0 Å². The second-order valence-corrected chi connectivity index (χ2v) is 21.9. The number of nitrogens with zero attached hydrogens (tertiary/aromatic N) is 4. The Hall–Kier alpha value is -2.72. The number of sulfonamides is 4. The average Bonchev–Trinajstić information content (AvgIpc) is 3.92. The van der Waals surface area contributed by atoms with Gasteiger partial charge in [0.05, 0.1) is 43.2 Å². The van der Waals surface area contributed by atoms with Gasteiger partial charge in [-0.05, 0) is 76.1 Å². The Kier molecular flexibility index (Phi) is 42.5. The molecule has 0 saturated carbocycles. The molecule has 0 fully saturated rings. The van der Waals surface area contributed by atoms with Gasteiger partial charge in [0.15, 0.2) is 0 Å². The fourth-order valence-corrected chi connectivity index (χ4v) is 11.0. The predicted molar refractivity (Wildman–Crippen MR) is 273 cm³/mol. The Balaban J connectivity index is -0.000000403. The van der Waals surface area contributed by atoms with Crippen LogP contribution in [0.2, 0.25) is 0 Å². The third-order valence-corrected chi connectivity index (χ3v) is 15.5. The number of carbonyl (C=O) groups excluding carboxylic acids is 4. The molecule has 0 atom stereocenters. The number of nitrogens with two attached hydrogens (primary N) is 4. The summed E-state index contributed by atoms with van der Waals surface area (Å²) in [4.78, 5) is 43.8. The minimum atomic E-state index is -3.68. The van der Waals surface area contributed by atoms with Crippen LogP contribution in [0.1, 0.15) is 131 Å². The van der Waals surface area contributed by atoms with Crippen molar-refractivity contribution < 1.29 is 153 Å². The molecule has 12 N–H and O–H groups in total. The fourth-order valence-electron chi connectivity index (χ4n) is 6.65. The first kappa shape index (κ1) is 79.8. The fraction of sp³-hybridized carbons (Fsp3) is 0.391. The quantitative estimate of drug-likeness (QED) is 0.0825. The van der Waals surface area contributed by atoms with Crippen molar-refractivity contribution in [2.24, 2.45) is 22.9 Å². The molecule has 0 spiro atoms. The zero-order valence-electron chi connectivity index (χ0n) is 40.8. The summed E-state index contributed by atoms with van der Waals surface area (Å²) in [6, 6.07) is 24.0. The van der Waals surface area contributed by atoms with Gasteiger partial charge in [-0.1, -0.05) is 137 Å². The summed E-state index contributed by atoms with van der Waals surface area (Å²) in [5.41, 5.74) is 22.2. The van der Waals surface area contributed by atoms with Crippen LogP contribution in [-0.4, -0.2) is 94.4 Å². The number of carbonyl (C=O) groups is 4. The maximum Gasteiger partial charge on any atom is 1.00 e. The number of hydrogen-bond acceptors (Lipinski definition) is 16. The van der Waals surface area contributed by atoms with E-state index in [9.17, 15) is 52.8 Å². The molecular weight excluding hydrogens is 1450 g/mol. The van der Waals surface area contributed by atoms with Crippen LogP contribution in [0.15, 0.2) is 117 Å². The Bertz CT molecular complexity index is 2490. The number of amides is 4. The molecule has 0 saturated heterocycles. The third kappa shape index (κ3) is 25.6. The molecule has 0 radical (unpaired) electrons. The van der Waals surface area contributed by atoms with Crippen LogP contribution in [0.3, 0.4) is 0 Å². The molecule has 8 rings (SSSR count). The first-order valence-electron chi connectivity index (χ1n) is 22.5. The molecule has 0 unspecified atom stereocenters. The maximum atomic E-state index is 11.1. The monoisotopic (exact) mass is 1510 g/mol. The molecule has 4 aromatic rings. The summed E-state index contributed by atoms with van der Waals surface area (Å²) in [5, 5.41) is 0. The van der Waals surface area contributed by atoms with E-state index in [1.54, 1.807) is 48.5 Å². The van der Waals surface area contributed by atoms with Crippen molar-refractivity contribution in [3.8, 4) is 0 Å². The van der Waals surface area contributed by atoms with Crippen molar-refractivity contribution in [1.29, 1.82) is 0 Å². The van der Waals surface area contributed by atoms with Crippen LogP contribution in [0.5, 0.6) is 0 Å². The molecule has 22 nitrogen and oxygen atoms in total. The van der Waals surface area contributed by atoms with Crippen LogP contribution in [-0.2, 0) is 130 Å². The van der Waals surface area contributed by atoms with Gasteiger partial charge >= 0.3 is 89.5 Å². The van der Waals surface area contributed by atoms with Gasteiger partial charge in [-0.3, -0.25) is 0 Å². The Morgan fingerprint density at radius 2 is 0.421 bits per heavy atom. The smallest absolute Gasteiger partial charge is 0.537 e. The largest absolute Gasteiger partial charge is 1.00 e. The van der Waals surface area contributed by atoms with Crippen LogP contribution < -0.4 is 22.9 Å². The summed E-state index contributed by atoms with van der Waals surface area (Å²) >= 11 is 0. The molecule has 4 aromatic carbocycles. The van der Waals surface area contributed by atoms with E-state index in [0.29, 0.717) is 0 Å². The van der Waals surface area contributed by atoms with Crippen molar-refractivity contribution >= 4 is 63.7 Å². The topological polar surface area (TPSA) is 428 Å². The Labute approximate surface area is 508 Å². The van der Waals surface area contributed by atoms with Gasteiger partial charge in [0.25, 0.3) is 0 Å². The molecule has 76 heavy (non-hydrogen) atoms. The average molecular weight is 1510 g/mol. The van der Waals surface area contributed by atoms with Crippen LogP contribution in [0.25, 0.3) is 18.9 Å². The number of unbranched alkanes of at least 4 members (excludes halogenated alkanes) is 12. The van der Waals surface area contributed by atoms with Crippen molar-refractivity contribution in [3.63, 3.8) is 0 Å². The van der Waals surface area contributed by atoms with Gasteiger partial charge < -0.3 is 72.0 Å². The first-order valence-corrected chi connectivity index (χ1v) is 28.3. The minimum Gasteiger partial charge on any atom is -0.537 e. The van der Waals surface area contributed by atoms with E-state index in [4.69, 9.17) is 22.9 Å². The van der Waals surface area contributed by atoms with E-state index in [1.165, 1.54) is 138 Å². The van der Waals surface area contributed by atoms with Crippen molar-refractivity contribution in [2.75, 3.05) is 26.2 Å². The molecule has 4 heterocycles. The second kappa shape index (κ2) is 40.5. The van der Waals surface area contributed by atoms with Gasteiger partial charge in [0.2, 0.25) is 0 Å². The van der Waals surface area contributed by atoms with E-state index in [0.717, 1.165) is 26.2 Å². The molecule has 4 aliphatic rings. The van der Waals surface area contributed by atoms with Gasteiger partial charge in [0, 0.05) is 22.3 Å². The zero-order valence-corrected chi connectivity index (χ0v) is 50.0. The Morgan fingerprint density at radius 3 is 0.566 bits per heavy atom. The molecule has 4 aliphatic heterocycles. The van der Waals surface area contributed by atoms with Crippen LogP contribution in [0.4, 0.5) is 0 Å². The van der Waals surface area contributed by atoms with Crippen molar-refractivity contribution in [3.05, 3.63) is 138 Å². The van der Waals surface area contributed by atoms with Gasteiger partial charge in [-0.25, -0.2) is 33.7 Å². The Morgan fingerprint density at radius 1 is 0.276 bits per heavy atom. The van der Waals surface area contributed by atoms with E-state index in [-0.39, 0.29) is 142 Å². The second-order valence-electron chi connectivity index (χ2n) is 15.6. The van der Waals surface area contributed by atoms with Crippen LogP contribution in [0, 0.1) is 0 Å². The molecule has 440 valence electrons. The first-order chi connectivity index (χ1) is 33.3. The minimum absolute atomic E-state index is 0. The van der Waals surface area contributed by atoms with Gasteiger partial charge in [0.1, 0.15) is 40.1 Å². The summed E-state index contributed by atoms with van der Waals surface area (Å²) in [7, 11) is -14.7. The zero-order chi connectivity index (χ0) is 51.8. The van der Waals surface area contributed by atoms with Crippen molar-refractivity contribution in [2.45, 2.75) is 109 Å². The predicted octanol–water partition coefficient (Wildman–Crippen LogP) is 5.22. The van der Waals surface area contributed by atoms with Gasteiger partial charge in [-0.15, -0.1) is 0 Å². The molecule has 0 aromatic heterocycles. The summed E-state index contributed by atoms with van der Waals surface area (Å²) < 4.78 is 101. The maximum absolute atomic E-state index is 11.1. The summed E-state index contributed by atoms with van der Waals surface area (Å²) in [5.74, 6) is -2.70. The van der Waals surface area contributed by atoms with E-state index in [2.05, 4.69) is 18.9 Å². The number of hydrogen-bond donors (Lipinski definition) is 4. The van der Waals surface area contributed by atoms with Crippen molar-refractivity contribution in [1.82, 2.24) is 0 Å². The molecule has 0 bridgehead atoms. The SMILES string of the molecule is NCCCCCCCCCN.NCCCCCCCCCN.O.O.O=C1[N-]S(=O)(=O)c2ccccc21.O=C1[N-]S(=O)(=O)c2ccccc21.O=C1[N-]S(=O)(=O)c2ccccc21.O=C1[N-]S(=O)(=O)c2ccccc21.[Ag+].[Ag+].[Ag+].[Ag+]. The standard InChI is InChI=1S/2C9H22N2.4C7H5NO3S.4Ag.2H2O/c2*10-8-6-4-2-1-3-5-7-9-11;4*9-7-5-3-1-2-4-6(5)12(10,11)8-7;;;;;;/h2*1-11H2;4*1-4H,(H,8,9);;;;;2*1H2/q;;;;;;4*+1;;/p-4. The third-order valence-electron chi connectivity index (χ3n) is 10.2. The van der Waals surface area contributed by atoms with Gasteiger partial charge in [-0.2, -0.15) is 0 Å². The normalized spacial score (nSPS) is 14.7. The van der Waals surface area contributed by atoms with Crippen LogP contribution >= 0.6 is 0 Å². The van der Waals surface area contributed by atoms with E-state index >= 15 is 0 Å². The molecule has 4 amide bonds. The number of rotatable bonds is 16. The molecule has 30 heteroatoms. The molecule has 0 aliphatic carbocycles.